The molecule has 1 amide bonds. The minimum Gasteiger partial charge on any atom is -0.298 e. The van der Waals surface area contributed by atoms with Crippen LogP contribution in [0.1, 0.15) is 15.9 Å². The number of hydrogen-bond donors (Lipinski definition) is 1. The van der Waals surface area contributed by atoms with Crippen molar-refractivity contribution in [2.45, 2.75) is 6.92 Å². The molecule has 110 valence electrons. The lowest BCUT2D eigenvalue weighted by Gasteiger charge is -2.02. The fourth-order valence-electron chi connectivity index (χ4n) is 2.00. The number of benzene rings is 2. The molecule has 0 atom stereocenters. The molecule has 0 aliphatic rings. The molecular weight excluding hydrogens is 316 g/mol. The highest BCUT2D eigenvalue weighted by molar-refractivity contribution is 7.14. The highest BCUT2D eigenvalue weighted by atomic mass is 35.5. The Labute approximate surface area is 137 Å². The Morgan fingerprint density at radius 1 is 1.14 bits per heavy atom. The summed E-state index contributed by atoms with van der Waals surface area (Å²) >= 11 is 7.54. The predicted octanol–water partition coefficient (Wildman–Crippen LogP) is 5.02. The van der Waals surface area contributed by atoms with E-state index < -0.39 is 0 Å². The third-order valence-electron chi connectivity index (χ3n) is 3.19. The Kier molecular flexibility index (Phi) is 4.22. The van der Waals surface area contributed by atoms with Crippen LogP contribution in [0.5, 0.6) is 0 Å². The number of thiazole rings is 1. The van der Waals surface area contributed by atoms with Gasteiger partial charge in [-0.25, -0.2) is 4.98 Å². The molecule has 0 saturated carbocycles. The van der Waals surface area contributed by atoms with E-state index in [9.17, 15) is 4.79 Å². The Hall–Kier alpha value is -2.17. The minimum atomic E-state index is -0.167. The van der Waals surface area contributed by atoms with Crippen LogP contribution in [0.2, 0.25) is 5.02 Å². The van der Waals surface area contributed by atoms with Crippen LogP contribution in [-0.2, 0) is 0 Å². The summed E-state index contributed by atoms with van der Waals surface area (Å²) in [6.07, 6.45) is 0. The van der Waals surface area contributed by atoms with E-state index in [2.05, 4.69) is 10.3 Å². The van der Waals surface area contributed by atoms with Crippen LogP contribution in [0.25, 0.3) is 11.3 Å². The maximum absolute atomic E-state index is 12.2. The van der Waals surface area contributed by atoms with Gasteiger partial charge in [0.15, 0.2) is 5.13 Å². The molecular formula is C17H13ClN2OS. The summed E-state index contributed by atoms with van der Waals surface area (Å²) in [4.78, 5) is 16.6. The van der Waals surface area contributed by atoms with Crippen molar-refractivity contribution in [2.24, 2.45) is 0 Å². The van der Waals surface area contributed by atoms with Crippen LogP contribution in [0.4, 0.5) is 5.13 Å². The van der Waals surface area contributed by atoms with Gasteiger partial charge < -0.3 is 0 Å². The molecule has 0 spiro atoms. The molecule has 5 heteroatoms. The second-order valence-corrected chi connectivity index (χ2v) is 6.10. The molecule has 1 N–H and O–H groups in total. The summed E-state index contributed by atoms with van der Waals surface area (Å²) in [7, 11) is 0. The summed E-state index contributed by atoms with van der Waals surface area (Å²) in [5.41, 5.74) is 3.35. The summed E-state index contributed by atoms with van der Waals surface area (Å²) < 4.78 is 0. The second-order valence-electron chi connectivity index (χ2n) is 4.84. The van der Waals surface area contributed by atoms with E-state index in [1.165, 1.54) is 11.3 Å². The lowest BCUT2D eigenvalue weighted by Crippen LogP contribution is -2.11. The lowest BCUT2D eigenvalue weighted by atomic mass is 10.1. The quantitative estimate of drug-likeness (QED) is 0.733. The number of aryl methyl sites for hydroxylation is 1. The zero-order valence-electron chi connectivity index (χ0n) is 11.8. The number of nitrogens with zero attached hydrogens (tertiary/aromatic N) is 1. The fraction of sp³-hybridized carbons (Fsp3) is 0.0588. The predicted molar refractivity (Wildman–Crippen MR) is 91.7 cm³/mol. The van der Waals surface area contributed by atoms with E-state index in [1.807, 2.05) is 48.7 Å². The maximum Gasteiger partial charge on any atom is 0.257 e. The van der Waals surface area contributed by atoms with Gasteiger partial charge >= 0.3 is 0 Å². The van der Waals surface area contributed by atoms with E-state index in [0.29, 0.717) is 15.7 Å². The molecule has 0 fully saturated rings. The van der Waals surface area contributed by atoms with Gasteiger partial charge in [-0.1, -0.05) is 47.5 Å². The Balaban J connectivity index is 1.78. The number of nitrogens with one attached hydrogen (secondary N) is 1. The first-order valence-corrected chi connectivity index (χ1v) is 7.98. The van der Waals surface area contributed by atoms with Gasteiger partial charge in [-0.05, 0) is 25.1 Å². The first-order chi connectivity index (χ1) is 10.6. The van der Waals surface area contributed by atoms with Crippen molar-refractivity contribution in [3.05, 3.63) is 70.1 Å². The van der Waals surface area contributed by atoms with Crippen molar-refractivity contribution < 1.29 is 4.79 Å². The van der Waals surface area contributed by atoms with Crippen LogP contribution in [0.15, 0.2) is 53.9 Å². The van der Waals surface area contributed by atoms with Gasteiger partial charge in [0.25, 0.3) is 5.91 Å². The number of aromatic nitrogens is 1. The lowest BCUT2D eigenvalue weighted by molar-refractivity contribution is 0.102. The van der Waals surface area contributed by atoms with Crippen molar-refractivity contribution in [3.63, 3.8) is 0 Å². The molecule has 0 bridgehead atoms. The molecule has 0 aliphatic heterocycles. The summed E-state index contributed by atoms with van der Waals surface area (Å²) in [6.45, 7) is 1.98. The minimum absolute atomic E-state index is 0.167. The van der Waals surface area contributed by atoms with Crippen molar-refractivity contribution in [1.29, 1.82) is 0 Å². The third-order valence-corrected chi connectivity index (χ3v) is 4.28. The van der Waals surface area contributed by atoms with Gasteiger partial charge in [0.1, 0.15) is 0 Å². The number of carbonyl (C=O) groups excluding carboxylic acids is 1. The summed E-state index contributed by atoms with van der Waals surface area (Å²) in [5.74, 6) is -0.167. The van der Waals surface area contributed by atoms with E-state index in [4.69, 9.17) is 11.6 Å². The average Bonchev–Trinajstić information content (AvgIpc) is 2.96. The van der Waals surface area contributed by atoms with Crippen LogP contribution >= 0.6 is 22.9 Å². The van der Waals surface area contributed by atoms with Gasteiger partial charge in [-0.3, -0.25) is 10.1 Å². The molecule has 3 aromatic rings. The highest BCUT2D eigenvalue weighted by Crippen LogP contribution is 2.30. The molecule has 1 heterocycles. The van der Waals surface area contributed by atoms with E-state index in [0.717, 1.165) is 16.8 Å². The van der Waals surface area contributed by atoms with Crippen molar-refractivity contribution in [1.82, 2.24) is 4.98 Å². The second kappa shape index (κ2) is 6.30. The topological polar surface area (TPSA) is 42.0 Å². The first-order valence-electron chi connectivity index (χ1n) is 6.72. The van der Waals surface area contributed by atoms with Crippen molar-refractivity contribution in [2.75, 3.05) is 5.32 Å². The van der Waals surface area contributed by atoms with Crippen LogP contribution in [0, 0.1) is 6.92 Å². The van der Waals surface area contributed by atoms with Crippen molar-refractivity contribution in [3.8, 4) is 11.3 Å². The number of anilines is 1. The molecule has 0 saturated heterocycles. The average molecular weight is 329 g/mol. The van der Waals surface area contributed by atoms with Crippen LogP contribution < -0.4 is 5.32 Å². The third kappa shape index (κ3) is 3.18. The standard InChI is InChI=1S/C17H13ClN2OS/c1-11-6-8-12(9-7-11)16(21)20-17-19-15(10-22-17)13-4-2-3-5-14(13)18/h2-10H,1H3,(H,19,20,21). The van der Waals surface area contributed by atoms with E-state index in [-0.39, 0.29) is 5.91 Å². The maximum atomic E-state index is 12.2. The van der Waals surface area contributed by atoms with E-state index >= 15 is 0 Å². The summed E-state index contributed by atoms with van der Waals surface area (Å²) in [5, 5.41) is 5.89. The fourth-order valence-corrected chi connectivity index (χ4v) is 2.94. The Morgan fingerprint density at radius 2 is 1.86 bits per heavy atom. The molecule has 3 nitrogen and oxygen atoms in total. The zero-order chi connectivity index (χ0) is 15.5. The molecule has 22 heavy (non-hydrogen) atoms. The number of hydrogen-bond acceptors (Lipinski definition) is 3. The van der Waals surface area contributed by atoms with Gasteiger partial charge in [-0.2, -0.15) is 0 Å². The Bertz CT molecular complexity index is 812. The van der Waals surface area contributed by atoms with Gasteiger partial charge in [0, 0.05) is 21.5 Å². The Morgan fingerprint density at radius 3 is 2.59 bits per heavy atom. The number of halogens is 1. The summed E-state index contributed by atoms with van der Waals surface area (Å²) in [6, 6.07) is 14.9. The number of carbonyl (C=O) groups is 1. The molecule has 0 radical (unpaired) electrons. The SMILES string of the molecule is Cc1ccc(C(=O)Nc2nc(-c3ccccc3Cl)cs2)cc1. The molecule has 3 rings (SSSR count). The molecule has 0 aliphatic carbocycles. The largest absolute Gasteiger partial charge is 0.298 e. The van der Waals surface area contributed by atoms with Gasteiger partial charge in [0.05, 0.1) is 5.69 Å². The first kappa shape index (κ1) is 14.8. The zero-order valence-corrected chi connectivity index (χ0v) is 13.4. The highest BCUT2D eigenvalue weighted by Gasteiger charge is 2.11. The normalized spacial score (nSPS) is 10.5. The molecule has 2 aromatic carbocycles. The molecule has 1 aromatic heterocycles. The monoisotopic (exact) mass is 328 g/mol. The van der Waals surface area contributed by atoms with Gasteiger partial charge in [0.2, 0.25) is 0 Å². The number of rotatable bonds is 3. The smallest absolute Gasteiger partial charge is 0.257 e. The van der Waals surface area contributed by atoms with Crippen LogP contribution in [0.3, 0.4) is 0 Å². The van der Waals surface area contributed by atoms with Crippen molar-refractivity contribution >= 4 is 34.0 Å². The number of amides is 1. The van der Waals surface area contributed by atoms with E-state index in [1.54, 1.807) is 12.1 Å². The van der Waals surface area contributed by atoms with Crippen LogP contribution in [-0.4, -0.2) is 10.9 Å². The van der Waals surface area contributed by atoms with Gasteiger partial charge in [-0.15, -0.1) is 11.3 Å². The molecule has 0 unspecified atom stereocenters.